The van der Waals surface area contributed by atoms with Gasteiger partial charge in [0.15, 0.2) is 0 Å². The van der Waals surface area contributed by atoms with Crippen LogP contribution in [0.3, 0.4) is 0 Å². The second-order valence-electron chi connectivity index (χ2n) is 5.32. The predicted molar refractivity (Wildman–Crippen MR) is 82.3 cm³/mol. The lowest BCUT2D eigenvalue weighted by Gasteiger charge is -2.25. The van der Waals surface area contributed by atoms with Gasteiger partial charge in [-0.2, -0.15) is 0 Å². The lowest BCUT2D eigenvalue weighted by atomic mass is 9.83. The van der Waals surface area contributed by atoms with E-state index in [1.165, 1.54) is 25.5 Å². The van der Waals surface area contributed by atoms with Crippen molar-refractivity contribution < 1.29 is 4.79 Å². The summed E-state index contributed by atoms with van der Waals surface area (Å²) in [6.45, 7) is 3.63. The number of hydrogen-bond donors (Lipinski definition) is 2. The van der Waals surface area contributed by atoms with Crippen molar-refractivity contribution in [3.05, 3.63) is 22.8 Å². The van der Waals surface area contributed by atoms with Crippen molar-refractivity contribution >= 4 is 23.3 Å². The van der Waals surface area contributed by atoms with Crippen molar-refractivity contribution in [1.82, 2.24) is 10.3 Å². The van der Waals surface area contributed by atoms with Crippen LogP contribution in [0.4, 0.5) is 5.82 Å². The Morgan fingerprint density at radius 1 is 1.45 bits per heavy atom. The Morgan fingerprint density at radius 2 is 2.25 bits per heavy atom. The number of aromatic nitrogens is 1. The van der Waals surface area contributed by atoms with Crippen molar-refractivity contribution in [2.45, 2.75) is 39.0 Å². The fourth-order valence-electron chi connectivity index (χ4n) is 2.23. The minimum absolute atomic E-state index is 0.115. The van der Waals surface area contributed by atoms with E-state index in [4.69, 9.17) is 11.6 Å². The van der Waals surface area contributed by atoms with Gasteiger partial charge in [-0.1, -0.05) is 37.8 Å². The van der Waals surface area contributed by atoms with E-state index in [0.29, 0.717) is 16.4 Å². The number of halogens is 1. The number of amides is 1. The number of nitrogens with zero attached hydrogens (tertiary/aromatic N) is 1. The van der Waals surface area contributed by atoms with Crippen LogP contribution >= 0.6 is 11.6 Å². The fourth-order valence-corrected chi connectivity index (χ4v) is 2.42. The fraction of sp³-hybridized carbons (Fsp3) is 0.600. The zero-order valence-electron chi connectivity index (χ0n) is 11.9. The molecule has 5 heteroatoms. The second-order valence-corrected chi connectivity index (χ2v) is 5.72. The summed E-state index contributed by atoms with van der Waals surface area (Å²) >= 11 is 6.05. The van der Waals surface area contributed by atoms with Gasteiger partial charge < -0.3 is 10.6 Å². The first-order chi connectivity index (χ1) is 9.70. The summed E-state index contributed by atoms with van der Waals surface area (Å²) in [4.78, 5) is 16.3. The van der Waals surface area contributed by atoms with Crippen molar-refractivity contribution in [2.24, 2.45) is 5.92 Å². The first-order valence-electron chi connectivity index (χ1n) is 7.38. The summed E-state index contributed by atoms with van der Waals surface area (Å²) in [7, 11) is 0. The third-order valence-electron chi connectivity index (χ3n) is 3.72. The lowest BCUT2D eigenvalue weighted by molar-refractivity contribution is 0.0949. The van der Waals surface area contributed by atoms with Crippen LogP contribution < -0.4 is 10.6 Å². The molecule has 1 fully saturated rings. The molecule has 2 N–H and O–H groups in total. The SMILES string of the molecule is CCCNc1cc(C(=O)NCCC2CCC2)c(Cl)cn1. The third-order valence-corrected chi connectivity index (χ3v) is 4.02. The molecule has 1 saturated carbocycles. The Labute approximate surface area is 125 Å². The Balaban J connectivity index is 1.89. The first-order valence-corrected chi connectivity index (χ1v) is 7.76. The Hall–Kier alpha value is -1.29. The normalized spacial score (nSPS) is 14.7. The summed E-state index contributed by atoms with van der Waals surface area (Å²) in [5, 5.41) is 6.50. The molecular formula is C15H22ClN3O. The number of carbonyl (C=O) groups excluding carboxylic acids is 1. The van der Waals surface area contributed by atoms with Gasteiger partial charge in [-0.05, 0) is 24.8 Å². The minimum atomic E-state index is -0.115. The predicted octanol–water partition coefficient (Wildman–Crippen LogP) is 3.48. The van der Waals surface area contributed by atoms with E-state index in [1.807, 2.05) is 0 Å². The summed E-state index contributed by atoms with van der Waals surface area (Å²) in [5.41, 5.74) is 0.494. The molecule has 1 aliphatic rings. The van der Waals surface area contributed by atoms with Gasteiger partial charge in [-0.3, -0.25) is 4.79 Å². The number of carbonyl (C=O) groups is 1. The van der Waals surface area contributed by atoms with Gasteiger partial charge in [-0.15, -0.1) is 0 Å². The molecule has 0 atom stereocenters. The number of anilines is 1. The van der Waals surface area contributed by atoms with Gasteiger partial charge in [0.25, 0.3) is 5.91 Å². The highest BCUT2D eigenvalue weighted by Crippen LogP contribution is 2.28. The van der Waals surface area contributed by atoms with Crippen molar-refractivity contribution in [3.8, 4) is 0 Å². The first kappa shape index (κ1) is 15.1. The Kier molecular flexibility index (Phi) is 5.65. The van der Waals surface area contributed by atoms with Crippen LogP contribution in [0.25, 0.3) is 0 Å². The quantitative estimate of drug-likeness (QED) is 0.810. The standard InChI is InChI=1S/C15H22ClN3O/c1-2-7-17-14-9-12(13(16)10-19-14)15(20)18-8-6-11-4-3-5-11/h9-11H,2-8H2,1H3,(H,17,19)(H,18,20). The molecule has 1 aliphatic carbocycles. The van der Waals surface area contributed by atoms with Gasteiger partial charge >= 0.3 is 0 Å². The highest BCUT2D eigenvalue weighted by Gasteiger charge is 2.17. The van der Waals surface area contributed by atoms with Gasteiger partial charge in [0.05, 0.1) is 10.6 Å². The molecule has 1 aromatic rings. The molecule has 1 heterocycles. The molecule has 4 nitrogen and oxygen atoms in total. The zero-order chi connectivity index (χ0) is 14.4. The zero-order valence-corrected chi connectivity index (χ0v) is 12.7. The molecule has 0 saturated heterocycles. The van der Waals surface area contributed by atoms with E-state index in [-0.39, 0.29) is 5.91 Å². The van der Waals surface area contributed by atoms with Crippen molar-refractivity contribution in [1.29, 1.82) is 0 Å². The molecule has 1 amide bonds. The molecule has 0 bridgehead atoms. The summed E-state index contributed by atoms with van der Waals surface area (Å²) in [6, 6.07) is 1.72. The van der Waals surface area contributed by atoms with Crippen LogP contribution in [0, 0.1) is 5.92 Å². The van der Waals surface area contributed by atoms with Crippen LogP contribution in [-0.4, -0.2) is 24.0 Å². The smallest absolute Gasteiger partial charge is 0.252 e. The van der Waals surface area contributed by atoms with Crippen molar-refractivity contribution in [3.63, 3.8) is 0 Å². The Morgan fingerprint density at radius 3 is 2.90 bits per heavy atom. The average molecular weight is 296 g/mol. The monoisotopic (exact) mass is 295 g/mol. The largest absolute Gasteiger partial charge is 0.370 e. The molecule has 110 valence electrons. The number of pyridine rings is 1. The maximum Gasteiger partial charge on any atom is 0.252 e. The molecule has 0 radical (unpaired) electrons. The summed E-state index contributed by atoms with van der Waals surface area (Å²) in [5.74, 6) is 1.38. The van der Waals surface area contributed by atoms with E-state index in [0.717, 1.165) is 31.8 Å². The van der Waals surface area contributed by atoms with E-state index < -0.39 is 0 Å². The highest BCUT2D eigenvalue weighted by atomic mass is 35.5. The van der Waals surface area contributed by atoms with Gasteiger partial charge in [-0.25, -0.2) is 4.98 Å². The van der Waals surface area contributed by atoms with Gasteiger partial charge in [0.2, 0.25) is 0 Å². The second kappa shape index (κ2) is 7.48. The van der Waals surface area contributed by atoms with Crippen molar-refractivity contribution in [2.75, 3.05) is 18.4 Å². The molecule has 2 rings (SSSR count). The molecule has 1 aromatic heterocycles. The van der Waals surface area contributed by atoms with Crippen LogP contribution in [0.1, 0.15) is 49.4 Å². The van der Waals surface area contributed by atoms with Gasteiger partial charge in [0, 0.05) is 19.3 Å². The number of nitrogens with one attached hydrogen (secondary N) is 2. The summed E-state index contributed by atoms with van der Waals surface area (Å²) in [6.07, 6.45) is 7.54. The highest BCUT2D eigenvalue weighted by molar-refractivity contribution is 6.33. The topological polar surface area (TPSA) is 54.0 Å². The number of rotatable bonds is 7. The average Bonchev–Trinajstić information content (AvgIpc) is 2.40. The van der Waals surface area contributed by atoms with E-state index in [9.17, 15) is 4.79 Å². The Bertz CT molecular complexity index is 460. The van der Waals surface area contributed by atoms with Crippen LogP contribution in [0.2, 0.25) is 5.02 Å². The molecular weight excluding hydrogens is 274 g/mol. The molecule has 0 aliphatic heterocycles. The summed E-state index contributed by atoms with van der Waals surface area (Å²) < 4.78 is 0. The van der Waals surface area contributed by atoms with Crippen LogP contribution in [0.15, 0.2) is 12.3 Å². The molecule has 0 spiro atoms. The van der Waals surface area contributed by atoms with Gasteiger partial charge in [0.1, 0.15) is 5.82 Å². The maximum atomic E-state index is 12.1. The van der Waals surface area contributed by atoms with Crippen LogP contribution in [-0.2, 0) is 0 Å². The van der Waals surface area contributed by atoms with E-state index in [1.54, 1.807) is 6.07 Å². The lowest BCUT2D eigenvalue weighted by Crippen LogP contribution is -2.27. The molecule has 0 unspecified atom stereocenters. The van der Waals surface area contributed by atoms with E-state index in [2.05, 4.69) is 22.5 Å². The minimum Gasteiger partial charge on any atom is -0.370 e. The third kappa shape index (κ3) is 4.10. The number of hydrogen-bond acceptors (Lipinski definition) is 3. The molecule has 0 aromatic carbocycles. The maximum absolute atomic E-state index is 12.1. The van der Waals surface area contributed by atoms with Crippen LogP contribution in [0.5, 0.6) is 0 Å². The van der Waals surface area contributed by atoms with E-state index >= 15 is 0 Å². The molecule has 20 heavy (non-hydrogen) atoms.